The number of nitrogens with one attached hydrogen (secondary N) is 1. The quantitative estimate of drug-likeness (QED) is 0.803. The van der Waals surface area contributed by atoms with Crippen LogP contribution in [-0.2, 0) is 11.3 Å². The van der Waals surface area contributed by atoms with Gasteiger partial charge in [0.25, 0.3) is 5.89 Å². The van der Waals surface area contributed by atoms with E-state index >= 15 is 0 Å². The van der Waals surface area contributed by atoms with Gasteiger partial charge in [0.1, 0.15) is 0 Å². The zero-order chi connectivity index (χ0) is 16.2. The van der Waals surface area contributed by atoms with Gasteiger partial charge in [0.05, 0.1) is 18.8 Å². The Bertz CT molecular complexity index is 634. The molecule has 124 valence electrons. The fourth-order valence-electron chi connectivity index (χ4n) is 2.40. The van der Waals surface area contributed by atoms with E-state index in [0.29, 0.717) is 30.1 Å². The number of hydrogen-bond acceptors (Lipinski definition) is 6. The van der Waals surface area contributed by atoms with Gasteiger partial charge in [-0.05, 0) is 44.9 Å². The van der Waals surface area contributed by atoms with Crippen LogP contribution in [0.2, 0.25) is 0 Å². The van der Waals surface area contributed by atoms with Crippen molar-refractivity contribution >= 4 is 5.91 Å². The van der Waals surface area contributed by atoms with Gasteiger partial charge in [0.2, 0.25) is 11.8 Å². The average Bonchev–Trinajstić information content (AvgIpc) is 3.04. The van der Waals surface area contributed by atoms with E-state index in [0.717, 1.165) is 25.8 Å². The van der Waals surface area contributed by atoms with Crippen LogP contribution in [0.3, 0.4) is 0 Å². The zero-order valence-corrected chi connectivity index (χ0v) is 13.5. The van der Waals surface area contributed by atoms with Crippen LogP contribution in [0.15, 0.2) is 27.2 Å². The first kappa shape index (κ1) is 15.7. The van der Waals surface area contributed by atoms with Crippen LogP contribution in [0.25, 0.3) is 11.7 Å². The standard InChI is InChI=1S/C16H22N4O3/c1-3-8-20(11(2)15(21)17-12-6-7-12)10-14-18-19-16(23-14)13-5-4-9-22-13/h4-5,9,11-12H,3,6-8,10H2,1-2H3,(H,17,21)/t11-/m0/s1. The molecule has 1 saturated carbocycles. The minimum absolute atomic E-state index is 0.0618. The second-order valence-corrected chi connectivity index (χ2v) is 5.91. The number of amides is 1. The maximum absolute atomic E-state index is 12.3. The molecule has 7 heteroatoms. The Morgan fingerprint density at radius 3 is 2.96 bits per heavy atom. The van der Waals surface area contributed by atoms with Gasteiger partial charge in [-0.2, -0.15) is 0 Å². The minimum atomic E-state index is -0.227. The molecular formula is C16H22N4O3. The maximum atomic E-state index is 12.3. The Balaban J connectivity index is 1.65. The molecule has 1 aliphatic rings. The van der Waals surface area contributed by atoms with Gasteiger partial charge in [-0.15, -0.1) is 10.2 Å². The summed E-state index contributed by atoms with van der Waals surface area (Å²) in [7, 11) is 0. The highest BCUT2D eigenvalue weighted by molar-refractivity contribution is 5.81. The van der Waals surface area contributed by atoms with Crippen LogP contribution < -0.4 is 5.32 Å². The SMILES string of the molecule is CCCN(Cc1nnc(-c2ccco2)o1)[C@@H](C)C(=O)NC1CC1. The molecule has 23 heavy (non-hydrogen) atoms. The third-order valence-corrected chi connectivity index (χ3v) is 3.90. The zero-order valence-electron chi connectivity index (χ0n) is 13.5. The van der Waals surface area contributed by atoms with Gasteiger partial charge >= 0.3 is 0 Å². The Kier molecular flexibility index (Phi) is 4.76. The molecule has 2 aromatic heterocycles. The van der Waals surface area contributed by atoms with E-state index in [1.54, 1.807) is 18.4 Å². The van der Waals surface area contributed by atoms with E-state index in [9.17, 15) is 4.79 Å². The third kappa shape index (κ3) is 3.98. The molecule has 0 aliphatic heterocycles. The molecule has 1 aliphatic carbocycles. The molecule has 2 aromatic rings. The molecular weight excluding hydrogens is 296 g/mol. The number of furan rings is 1. The van der Waals surface area contributed by atoms with Crippen molar-refractivity contribution in [2.24, 2.45) is 0 Å². The van der Waals surface area contributed by atoms with Crippen molar-refractivity contribution in [3.63, 3.8) is 0 Å². The summed E-state index contributed by atoms with van der Waals surface area (Å²) < 4.78 is 10.9. The maximum Gasteiger partial charge on any atom is 0.283 e. The lowest BCUT2D eigenvalue weighted by molar-refractivity contribution is -0.126. The lowest BCUT2D eigenvalue weighted by Crippen LogP contribution is -2.45. The molecule has 1 amide bonds. The van der Waals surface area contributed by atoms with Crippen molar-refractivity contribution in [1.29, 1.82) is 0 Å². The van der Waals surface area contributed by atoms with Crippen molar-refractivity contribution in [3.05, 3.63) is 24.3 Å². The van der Waals surface area contributed by atoms with E-state index < -0.39 is 0 Å². The first-order chi connectivity index (χ1) is 11.2. The first-order valence-electron chi connectivity index (χ1n) is 8.08. The predicted molar refractivity (Wildman–Crippen MR) is 83.3 cm³/mol. The highest BCUT2D eigenvalue weighted by atomic mass is 16.4. The fraction of sp³-hybridized carbons (Fsp3) is 0.562. The van der Waals surface area contributed by atoms with Gasteiger partial charge in [-0.3, -0.25) is 9.69 Å². The highest BCUT2D eigenvalue weighted by Crippen LogP contribution is 2.21. The van der Waals surface area contributed by atoms with Crippen LogP contribution in [0, 0.1) is 0 Å². The van der Waals surface area contributed by atoms with E-state index in [1.165, 1.54) is 0 Å². The highest BCUT2D eigenvalue weighted by Gasteiger charge is 2.29. The van der Waals surface area contributed by atoms with Crippen molar-refractivity contribution in [2.45, 2.75) is 51.7 Å². The molecule has 1 fully saturated rings. The fourth-order valence-corrected chi connectivity index (χ4v) is 2.40. The van der Waals surface area contributed by atoms with Crippen LogP contribution in [-0.4, -0.2) is 39.6 Å². The number of carbonyl (C=O) groups is 1. The van der Waals surface area contributed by atoms with Crippen LogP contribution in [0.1, 0.15) is 39.0 Å². The summed E-state index contributed by atoms with van der Waals surface area (Å²) in [5.74, 6) is 1.45. The molecule has 0 radical (unpaired) electrons. The van der Waals surface area contributed by atoms with Crippen molar-refractivity contribution in [2.75, 3.05) is 6.54 Å². The van der Waals surface area contributed by atoms with E-state index in [2.05, 4.69) is 27.3 Å². The van der Waals surface area contributed by atoms with Crippen molar-refractivity contribution < 1.29 is 13.6 Å². The summed E-state index contributed by atoms with van der Waals surface area (Å²) in [5, 5.41) is 11.1. The summed E-state index contributed by atoms with van der Waals surface area (Å²) >= 11 is 0. The monoisotopic (exact) mass is 318 g/mol. The number of rotatable bonds is 8. The van der Waals surface area contributed by atoms with E-state index in [1.807, 2.05) is 6.92 Å². The third-order valence-electron chi connectivity index (χ3n) is 3.90. The molecule has 0 unspecified atom stereocenters. The van der Waals surface area contributed by atoms with Gasteiger partial charge in [-0.1, -0.05) is 6.92 Å². The molecule has 2 heterocycles. The van der Waals surface area contributed by atoms with Crippen LogP contribution in [0.5, 0.6) is 0 Å². The summed E-state index contributed by atoms with van der Waals surface area (Å²) in [6.07, 6.45) is 4.68. The van der Waals surface area contributed by atoms with Gasteiger partial charge in [-0.25, -0.2) is 0 Å². The minimum Gasteiger partial charge on any atom is -0.459 e. The van der Waals surface area contributed by atoms with Gasteiger partial charge in [0.15, 0.2) is 5.76 Å². The molecule has 7 nitrogen and oxygen atoms in total. The lowest BCUT2D eigenvalue weighted by Gasteiger charge is -2.26. The average molecular weight is 318 g/mol. The second kappa shape index (κ2) is 6.95. The lowest BCUT2D eigenvalue weighted by atomic mass is 10.2. The van der Waals surface area contributed by atoms with Crippen molar-refractivity contribution in [1.82, 2.24) is 20.4 Å². The Hall–Kier alpha value is -2.15. The van der Waals surface area contributed by atoms with E-state index in [-0.39, 0.29) is 11.9 Å². The number of hydrogen-bond donors (Lipinski definition) is 1. The molecule has 3 rings (SSSR count). The largest absolute Gasteiger partial charge is 0.459 e. The molecule has 0 aromatic carbocycles. The molecule has 0 saturated heterocycles. The van der Waals surface area contributed by atoms with Crippen LogP contribution >= 0.6 is 0 Å². The number of nitrogens with zero attached hydrogens (tertiary/aromatic N) is 3. The molecule has 1 atom stereocenters. The Morgan fingerprint density at radius 1 is 1.48 bits per heavy atom. The molecule has 1 N–H and O–H groups in total. The number of aromatic nitrogens is 2. The van der Waals surface area contributed by atoms with Crippen LogP contribution in [0.4, 0.5) is 0 Å². The first-order valence-corrected chi connectivity index (χ1v) is 8.08. The molecule has 0 spiro atoms. The van der Waals surface area contributed by atoms with Gasteiger partial charge < -0.3 is 14.2 Å². The predicted octanol–water partition coefficient (Wildman–Crippen LogP) is 2.21. The second-order valence-electron chi connectivity index (χ2n) is 5.91. The summed E-state index contributed by atoms with van der Waals surface area (Å²) in [4.78, 5) is 14.3. The normalized spacial score (nSPS) is 15.8. The Labute approximate surface area is 135 Å². The summed E-state index contributed by atoms with van der Waals surface area (Å²) in [6, 6.07) is 3.68. The number of carbonyl (C=O) groups excluding carboxylic acids is 1. The summed E-state index contributed by atoms with van der Waals surface area (Å²) in [5.41, 5.74) is 0. The smallest absolute Gasteiger partial charge is 0.283 e. The summed E-state index contributed by atoms with van der Waals surface area (Å²) in [6.45, 7) is 5.23. The Morgan fingerprint density at radius 2 is 2.30 bits per heavy atom. The topological polar surface area (TPSA) is 84.4 Å². The van der Waals surface area contributed by atoms with Crippen molar-refractivity contribution in [3.8, 4) is 11.7 Å². The van der Waals surface area contributed by atoms with E-state index in [4.69, 9.17) is 8.83 Å². The molecule has 0 bridgehead atoms. The van der Waals surface area contributed by atoms with Gasteiger partial charge in [0, 0.05) is 6.04 Å².